The highest BCUT2D eigenvalue weighted by atomic mass is 16.6. The second-order valence-corrected chi connectivity index (χ2v) is 11.3. The Labute approximate surface area is 193 Å². The van der Waals surface area contributed by atoms with Gasteiger partial charge in [-0.15, -0.1) is 0 Å². The zero-order chi connectivity index (χ0) is 23.1. The maximum absolute atomic E-state index is 5.73. The molecular weight excluding hydrogens is 376 g/mol. The third-order valence-corrected chi connectivity index (χ3v) is 7.71. The SMILES string of the molecule is CC(C)=CCC/C(C)=C/CC[C@@]1(C)C=CC=C[C@]1(C)CC/C=C(\C)CC[C@@H]1OC1(C)C. The van der Waals surface area contributed by atoms with Gasteiger partial charge in [-0.2, -0.15) is 0 Å². The molecule has 1 aliphatic carbocycles. The molecule has 2 rings (SSSR count). The summed E-state index contributed by atoms with van der Waals surface area (Å²) in [6.07, 6.45) is 26.6. The molecule has 0 saturated carbocycles. The Morgan fingerprint density at radius 1 is 0.742 bits per heavy atom. The maximum atomic E-state index is 5.73. The van der Waals surface area contributed by atoms with Gasteiger partial charge in [0.1, 0.15) is 0 Å². The molecule has 0 aromatic carbocycles. The largest absolute Gasteiger partial charge is 0.367 e. The van der Waals surface area contributed by atoms with Crippen molar-refractivity contribution in [2.75, 3.05) is 0 Å². The third-order valence-electron chi connectivity index (χ3n) is 7.71. The van der Waals surface area contributed by atoms with E-state index in [9.17, 15) is 0 Å². The first-order chi connectivity index (χ1) is 14.5. The van der Waals surface area contributed by atoms with Crippen LogP contribution in [-0.4, -0.2) is 11.7 Å². The first-order valence-electron chi connectivity index (χ1n) is 12.5. The van der Waals surface area contributed by atoms with Crippen molar-refractivity contribution in [1.82, 2.24) is 0 Å². The molecule has 31 heavy (non-hydrogen) atoms. The Balaban J connectivity index is 1.85. The molecule has 1 fully saturated rings. The molecule has 0 N–H and O–H groups in total. The van der Waals surface area contributed by atoms with Crippen LogP contribution in [0.25, 0.3) is 0 Å². The monoisotopic (exact) mass is 424 g/mol. The van der Waals surface area contributed by atoms with Crippen LogP contribution in [0, 0.1) is 10.8 Å². The highest BCUT2D eigenvalue weighted by Crippen LogP contribution is 2.50. The van der Waals surface area contributed by atoms with Gasteiger partial charge in [-0.1, -0.05) is 73.1 Å². The van der Waals surface area contributed by atoms with Crippen molar-refractivity contribution < 1.29 is 4.74 Å². The molecule has 1 nitrogen and oxygen atoms in total. The van der Waals surface area contributed by atoms with Crippen LogP contribution in [0.4, 0.5) is 0 Å². The molecule has 0 bridgehead atoms. The standard InChI is InChI=1S/C30H48O/c1-24(2)14-11-15-25(3)16-12-22-29(7)20-9-10-21-30(29,8)23-13-17-26(4)18-19-27-28(5,6)31-27/h9-10,14,16-17,20-21,27H,11-13,15,18-19,22-23H2,1-8H3/b25-16+,26-17+/t27-,29+,30+/m0/s1. The molecule has 1 heterocycles. The first kappa shape index (κ1) is 25.9. The molecule has 0 amide bonds. The molecule has 1 aliphatic heterocycles. The van der Waals surface area contributed by atoms with Gasteiger partial charge in [0.25, 0.3) is 0 Å². The van der Waals surface area contributed by atoms with Crippen molar-refractivity contribution in [2.45, 2.75) is 118 Å². The number of ether oxygens (including phenoxy) is 1. The van der Waals surface area contributed by atoms with Crippen molar-refractivity contribution in [3.63, 3.8) is 0 Å². The molecule has 1 saturated heterocycles. The van der Waals surface area contributed by atoms with Gasteiger partial charge in [-0.05, 0) is 104 Å². The Hall–Kier alpha value is -1.34. The summed E-state index contributed by atoms with van der Waals surface area (Å²) in [7, 11) is 0. The molecular formula is C30H48O. The lowest BCUT2D eigenvalue weighted by atomic mass is 9.59. The van der Waals surface area contributed by atoms with Gasteiger partial charge in [-0.25, -0.2) is 0 Å². The minimum atomic E-state index is 0.118. The third kappa shape index (κ3) is 7.94. The molecule has 0 radical (unpaired) electrons. The Morgan fingerprint density at radius 2 is 1.23 bits per heavy atom. The van der Waals surface area contributed by atoms with E-state index in [1.165, 1.54) is 42.4 Å². The fourth-order valence-electron chi connectivity index (χ4n) is 4.78. The Morgan fingerprint density at radius 3 is 1.68 bits per heavy atom. The summed E-state index contributed by atoms with van der Waals surface area (Å²) in [6, 6.07) is 0. The van der Waals surface area contributed by atoms with Gasteiger partial charge in [0.05, 0.1) is 11.7 Å². The summed E-state index contributed by atoms with van der Waals surface area (Å²) in [4.78, 5) is 0. The number of hydrogen-bond acceptors (Lipinski definition) is 1. The molecule has 1 heteroatoms. The van der Waals surface area contributed by atoms with E-state index < -0.39 is 0 Å². The summed E-state index contributed by atoms with van der Waals surface area (Å²) in [5.74, 6) is 0. The number of rotatable bonds is 12. The van der Waals surface area contributed by atoms with Crippen molar-refractivity contribution >= 4 is 0 Å². The number of allylic oxidation sites excluding steroid dienone is 10. The molecule has 0 spiro atoms. The zero-order valence-corrected chi connectivity index (χ0v) is 21.7. The lowest BCUT2D eigenvalue weighted by molar-refractivity contribution is 0.154. The maximum Gasteiger partial charge on any atom is 0.0892 e. The molecule has 0 unspecified atom stereocenters. The topological polar surface area (TPSA) is 12.5 Å². The first-order valence-corrected chi connectivity index (χ1v) is 12.5. The van der Waals surface area contributed by atoms with Crippen LogP contribution in [0.1, 0.15) is 107 Å². The molecule has 2 aliphatic rings. The Kier molecular flexibility index (Phi) is 9.19. The molecule has 0 aromatic rings. The van der Waals surface area contributed by atoms with Gasteiger partial charge >= 0.3 is 0 Å². The van der Waals surface area contributed by atoms with Crippen molar-refractivity contribution in [2.24, 2.45) is 10.8 Å². The van der Waals surface area contributed by atoms with Crippen LogP contribution >= 0.6 is 0 Å². The Bertz CT molecular complexity index is 740. The minimum absolute atomic E-state index is 0.118. The van der Waals surface area contributed by atoms with Crippen LogP contribution in [0.3, 0.4) is 0 Å². The second-order valence-electron chi connectivity index (χ2n) is 11.3. The van der Waals surface area contributed by atoms with E-state index in [0.29, 0.717) is 6.10 Å². The van der Waals surface area contributed by atoms with E-state index in [4.69, 9.17) is 4.74 Å². The van der Waals surface area contributed by atoms with E-state index in [1.807, 2.05) is 0 Å². The van der Waals surface area contributed by atoms with E-state index in [1.54, 1.807) is 0 Å². The summed E-state index contributed by atoms with van der Waals surface area (Å²) >= 11 is 0. The highest BCUT2D eigenvalue weighted by Gasteiger charge is 2.46. The lowest BCUT2D eigenvalue weighted by Crippen LogP contribution is -2.35. The van der Waals surface area contributed by atoms with E-state index >= 15 is 0 Å². The van der Waals surface area contributed by atoms with Crippen molar-refractivity contribution in [3.8, 4) is 0 Å². The predicted molar refractivity (Wildman–Crippen MR) is 137 cm³/mol. The molecule has 0 aromatic heterocycles. The van der Waals surface area contributed by atoms with E-state index in [-0.39, 0.29) is 16.4 Å². The zero-order valence-electron chi connectivity index (χ0n) is 21.7. The van der Waals surface area contributed by atoms with Crippen LogP contribution < -0.4 is 0 Å². The van der Waals surface area contributed by atoms with Gasteiger partial charge in [-0.3, -0.25) is 0 Å². The van der Waals surface area contributed by atoms with Crippen molar-refractivity contribution in [1.29, 1.82) is 0 Å². The van der Waals surface area contributed by atoms with Gasteiger partial charge in [0.15, 0.2) is 0 Å². The highest BCUT2D eigenvalue weighted by molar-refractivity contribution is 5.24. The molecule has 3 atom stereocenters. The average Bonchev–Trinajstić information content (AvgIpc) is 3.29. The van der Waals surface area contributed by atoms with Crippen LogP contribution in [0.5, 0.6) is 0 Å². The van der Waals surface area contributed by atoms with Gasteiger partial charge in [0, 0.05) is 0 Å². The van der Waals surface area contributed by atoms with Crippen LogP contribution in [0.2, 0.25) is 0 Å². The summed E-state index contributed by atoms with van der Waals surface area (Å²) in [5.41, 5.74) is 5.01. The lowest BCUT2D eigenvalue weighted by Gasteiger charge is -2.45. The summed E-state index contributed by atoms with van der Waals surface area (Å²) < 4.78 is 5.73. The van der Waals surface area contributed by atoms with Gasteiger partial charge in [0.2, 0.25) is 0 Å². The van der Waals surface area contributed by atoms with Crippen LogP contribution in [0.15, 0.2) is 59.3 Å². The minimum Gasteiger partial charge on any atom is -0.367 e. The fourth-order valence-corrected chi connectivity index (χ4v) is 4.78. The smallest absolute Gasteiger partial charge is 0.0892 e. The van der Waals surface area contributed by atoms with E-state index in [2.05, 4.69) is 97.9 Å². The predicted octanol–water partition coefficient (Wildman–Crippen LogP) is 9.28. The second kappa shape index (κ2) is 11.0. The number of hydrogen-bond donors (Lipinski definition) is 0. The quantitative estimate of drug-likeness (QED) is 0.224. The summed E-state index contributed by atoms with van der Waals surface area (Å²) in [5, 5.41) is 0. The summed E-state index contributed by atoms with van der Waals surface area (Å²) in [6.45, 7) is 18.3. The van der Waals surface area contributed by atoms with E-state index in [0.717, 1.165) is 25.7 Å². The fraction of sp³-hybridized carbons (Fsp3) is 0.667. The van der Waals surface area contributed by atoms with Gasteiger partial charge < -0.3 is 4.74 Å². The van der Waals surface area contributed by atoms with Crippen LogP contribution in [-0.2, 0) is 4.74 Å². The normalized spacial score (nSPS) is 29.9. The van der Waals surface area contributed by atoms with Crippen molar-refractivity contribution in [3.05, 3.63) is 59.3 Å². The molecule has 174 valence electrons. The average molecular weight is 425 g/mol. The number of epoxide rings is 1.